The van der Waals surface area contributed by atoms with Gasteiger partial charge in [-0.3, -0.25) is 9.69 Å². The van der Waals surface area contributed by atoms with Gasteiger partial charge >= 0.3 is 0 Å². The number of carbonyl (C=O) groups is 1. The van der Waals surface area contributed by atoms with Crippen LogP contribution in [0.1, 0.15) is 0 Å². The van der Waals surface area contributed by atoms with Gasteiger partial charge < -0.3 is 16.0 Å². The number of amides is 1. The Balaban J connectivity index is 2.51. The van der Waals surface area contributed by atoms with Gasteiger partial charge in [0.05, 0.1) is 0 Å². The molecular formula is C8H16N4O. The van der Waals surface area contributed by atoms with Gasteiger partial charge in [-0.1, -0.05) is 0 Å². The molecule has 0 saturated carbocycles. The van der Waals surface area contributed by atoms with Crippen LogP contribution in [0.15, 0.2) is 0 Å². The molecule has 1 rings (SSSR count). The minimum absolute atomic E-state index is 0.431. The van der Waals surface area contributed by atoms with E-state index in [4.69, 9.17) is 11.1 Å². The highest BCUT2D eigenvalue weighted by molar-refractivity contribution is 5.95. The Kier molecular flexibility index (Phi) is 3.39. The van der Waals surface area contributed by atoms with Crippen LogP contribution in [0.25, 0.3) is 0 Å². The molecule has 0 spiro atoms. The molecule has 13 heavy (non-hydrogen) atoms. The second-order valence-corrected chi connectivity index (χ2v) is 3.35. The second-order valence-electron chi connectivity index (χ2n) is 3.35. The van der Waals surface area contributed by atoms with Crippen molar-refractivity contribution in [3.8, 4) is 0 Å². The first-order chi connectivity index (χ1) is 6.15. The first kappa shape index (κ1) is 10.1. The molecular weight excluding hydrogens is 168 g/mol. The highest BCUT2D eigenvalue weighted by atomic mass is 16.1. The molecule has 0 bridgehead atoms. The van der Waals surface area contributed by atoms with Crippen molar-refractivity contribution in [2.45, 2.75) is 6.04 Å². The van der Waals surface area contributed by atoms with E-state index < -0.39 is 11.9 Å². The van der Waals surface area contributed by atoms with Crippen molar-refractivity contribution in [3.63, 3.8) is 0 Å². The number of nitrogens with zero attached hydrogens (tertiary/aromatic N) is 2. The molecule has 0 radical (unpaired) electrons. The first-order valence-electron chi connectivity index (χ1n) is 4.37. The van der Waals surface area contributed by atoms with Gasteiger partial charge in [0.25, 0.3) is 0 Å². The van der Waals surface area contributed by atoms with Crippen LogP contribution in [-0.4, -0.2) is 61.2 Å². The minimum atomic E-state index is -0.520. The van der Waals surface area contributed by atoms with E-state index in [2.05, 4.69) is 4.90 Å². The lowest BCUT2D eigenvalue weighted by Gasteiger charge is -2.34. The third kappa shape index (κ3) is 2.50. The van der Waals surface area contributed by atoms with E-state index in [-0.39, 0.29) is 0 Å². The van der Waals surface area contributed by atoms with Gasteiger partial charge in [0.15, 0.2) is 0 Å². The number of carbonyl (C=O) groups excluding carboxylic acids is 1. The molecule has 1 heterocycles. The lowest BCUT2D eigenvalue weighted by Crippen LogP contribution is -2.53. The highest BCUT2D eigenvalue weighted by Crippen LogP contribution is 2.02. The third-order valence-electron chi connectivity index (χ3n) is 2.38. The fourth-order valence-corrected chi connectivity index (χ4v) is 1.47. The molecule has 1 aliphatic rings. The van der Waals surface area contributed by atoms with Crippen molar-refractivity contribution in [2.75, 3.05) is 33.2 Å². The van der Waals surface area contributed by atoms with Crippen LogP contribution >= 0.6 is 0 Å². The van der Waals surface area contributed by atoms with E-state index in [0.29, 0.717) is 0 Å². The Morgan fingerprint density at radius 3 is 2.38 bits per heavy atom. The first-order valence-corrected chi connectivity index (χ1v) is 4.37. The van der Waals surface area contributed by atoms with Gasteiger partial charge in [-0.05, 0) is 7.05 Å². The van der Waals surface area contributed by atoms with Crippen molar-refractivity contribution in [2.24, 2.45) is 5.73 Å². The monoisotopic (exact) mass is 184 g/mol. The van der Waals surface area contributed by atoms with Crippen LogP contribution in [0, 0.1) is 5.41 Å². The van der Waals surface area contributed by atoms with Gasteiger partial charge in [-0.2, -0.15) is 0 Å². The van der Waals surface area contributed by atoms with E-state index in [0.717, 1.165) is 32.4 Å². The lowest BCUT2D eigenvalue weighted by molar-refractivity contribution is -0.121. The Bertz CT molecular complexity index is 198. The van der Waals surface area contributed by atoms with Gasteiger partial charge in [0.1, 0.15) is 6.04 Å². The summed E-state index contributed by atoms with van der Waals surface area (Å²) in [5.74, 6) is -0.431. The zero-order valence-electron chi connectivity index (χ0n) is 7.86. The van der Waals surface area contributed by atoms with E-state index in [1.165, 1.54) is 0 Å². The summed E-state index contributed by atoms with van der Waals surface area (Å²) < 4.78 is 0. The summed E-state index contributed by atoms with van der Waals surface area (Å²) >= 11 is 0. The number of primary amides is 1. The fourth-order valence-electron chi connectivity index (χ4n) is 1.47. The standard InChI is InChI=1S/C8H16N4O/c1-11-2-4-12(5-3-11)7(6-9)8(10)13/h6-7,9H,2-5H2,1H3,(H2,10,13). The van der Waals surface area contributed by atoms with Crippen molar-refractivity contribution >= 4 is 12.1 Å². The van der Waals surface area contributed by atoms with E-state index in [9.17, 15) is 4.79 Å². The van der Waals surface area contributed by atoms with Crippen molar-refractivity contribution < 1.29 is 4.79 Å². The SMILES string of the molecule is CN1CCN(C(C=N)C(N)=O)CC1. The zero-order valence-corrected chi connectivity index (χ0v) is 7.86. The van der Waals surface area contributed by atoms with Gasteiger partial charge in [-0.25, -0.2) is 0 Å². The molecule has 5 heteroatoms. The van der Waals surface area contributed by atoms with Crippen LogP contribution in [0.4, 0.5) is 0 Å². The van der Waals surface area contributed by atoms with E-state index in [1.807, 2.05) is 11.9 Å². The van der Waals surface area contributed by atoms with E-state index >= 15 is 0 Å². The number of nitrogens with one attached hydrogen (secondary N) is 1. The summed E-state index contributed by atoms with van der Waals surface area (Å²) in [7, 11) is 2.04. The average Bonchev–Trinajstić information content (AvgIpc) is 2.09. The Morgan fingerprint density at radius 2 is 2.00 bits per heavy atom. The lowest BCUT2D eigenvalue weighted by atomic mass is 10.2. The molecule has 0 aromatic carbocycles. The molecule has 3 N–H and O–H groups in total. The Morgan fingerprint density at radius 1 is 1.46 bits per heavy atom. The summed E-state index contributed by atoms with van der Waals surface area (Å²) in [6, 6.07) is -0.520. The molecule has 1 saturated heterocycles. The summed E-state index contributed by atoms with van der Waals surface area (Å²) in [6.45, 7) is 3.47. The van der Waals surface area contributed by atoms with Gasteiger partial charge in [0.2, 0.25) is 5.91 Å². The quantitative estimate of drug-likeness (QED) is 0.537. The fraction of sp³-hybridized carbons (Fsp3) is 0.750. The highest BCUT2D eigenvalue weighted by Gasteiger charge is 2.24. The number of nitrogens with two attached hydrogens (primary N) is 1. The Hall–Kier alpha value is -0.940. The predicted octanol–water partition coefficient (Wildman–Crippen LogP) is -1.26. The maximum absolute atomic E-state index is 10.9. The predicted molar refractivity (Wildman–Crippen MR) is 50.8 cm³/mol. The number of hydrogen-bond donors (Lipinski definition) is 2. The summed E-state index contributed by atoms with van der Waals surface area (Å²) in [6.07, 6.45) is 1.12. The topological polar surface area (TPSA) is 73.4 Å². The van der Waals surface area contributed by atoms with E-state index in [1.54, 1.807) is 0 Å². The molecule has 5 nitrogen and oxygen atoms in total. The van der Waals surface area contributed by atoms with Crippen LogP contribution in [-0.2, 0) is 4.79 Å². The maximum Gasteiger partial charge on any atom is 0.240 e. The van der Waals surface area contributed by atoms with Crippen molar-refractivity contribution in [3.05, 3.63) is 0 Å². The summed E-state index contributed by atoms with van der Waals surface area (Å²) in [5.41, 5.74) is 5.17. The van der Waals surface area contributed by atoms with Gasteiger partial charge in [-0.15, -0.1) is 0 Å². The van der Waals surface area contributed by atoms with Crippen LogP contribution in [0.2, 0.25) is 0 Å². The number of rotatable bonds is 3. The normalized spacial score (nSPS) is 22.5. The molecule has 1 fully saturated rings. The molecule has 0 aromatic heterocycles. The molecule has 1 unspecified atom stereocenters. The zero-order chi connectivity index (χ0) is 9.84. The Labute approximate surface area is 78.0 Å². The third-order valence-corrected chi connectivity index (χ3v) is 2.38. The smallest absolute Gasteiger partial charge is 0.240 e. The van der Waals surface area contributed by atoms with Crippen LogP contribution < -0.4 is 5.73 Å². The molecule has 74 valence electrons. The van der Waals surface area contributed by atoms with Crippen LogP contribution in [0.5, 0.6) is 0 Å². The molecule has 1 aliphatic heterocycles. The molecule has 1 atom stereocenters. The number of likely N-dealkylation sites (N-methyl/N-ethyl adjacent to an activating group) is 1. The summed E-state index contributed by atoms with van der Waals surface area (Å²) in [5, 5.41) is 7.10. The largest absolute Gasteiger partial charge is 0.368 e. The average molecular weight is 184 g/mol. The van der Waals surface area contributed by atoms with Crippen molar-refractivity contribution in [1.82, 2.24) is 9.80 Å². The maximum atomic E-state index is 10.9. The number of piperazine rings is 1. The molecule has 0 aromatic rings. The number of hydrogen-bond acceptors (Lipinski definition) is 4. The van der Waals surface area contributed by atoms with Gasteiger partial charge in [0, 0.05) is 32.4 Å². The summed E-state index contributed by atoms with van der Waals surface area (Å²) in [4.78, 5) is 15.1. The molecule has 0 aliphatic carbocycles. The molecule has 1 amide bonds. The van der Waals surface area contributed by atoms with Crippen LogP contribution in [0.3, 0.4) is 0 Å². The minimum Gasteiger partial charge on any atom is -0.368 e. The van der Waals surface area contributed by atoms with Crippen molar-refractivity contribution in [1.29, 1.82) is 5.41 Å². The second kappa shape index (κ2) is 4.34.